The number of hydrogen-bond acceptors (Lipinski definition) is 4. The summed E-state index contributed by atoms with van der Waals surface area (Å²) in [5.74, 6) is -0.425. The molecular weight excluding hydrogens is 372 g/mol. The smallest absolute Gasteiger partial charge is 0.191 e. The van der Waals surface area contributed by atoms with E-state index in [1.165, 1.54) is 0 Å². The van der Waals surface area contributed by atoms with Crippen molar-refractivity contribution >= 4 is 22.9 Å². The zero-order valence-corrected chi connectivity index (χ0v) is 17.5. The Hall–Kier alpha value is -3.40. The van der Waals surface area contributed by atoms with Gasteiger partial charge in [-0.15, -0.1) is 0 Å². The summed E-state index contributed by atoms with van der Waals surface area (Å²) < 4.78 is 0. The minimum atomic E-state index is -0.338. The van der Waals surface area contributed by atoms with Crippen LogP contribution in [0.15, 0.2) is 88.3 Å². The average Bonchev–Trinajstić information content (AvgIpc) is 3.14. The van der Waals surface area contributed by atoms with Crippen LogP contribution in [-0.2, 0) is 15.6 Å². The van der Waals surface area contributed by atoms with Crippen LogP contribution >= 0.6 is 0 Å². The fourth-order valence-electron chi connectivity index (χ4n) is 4.50. The molecule has 0 atom stereocenters. The summed E-state index contributed by atoms with van der Waals surface area (Å²) in [6, 6.07) is 16.0. The highest BCUT2D eigenvalue weighted by molar-refractivity contribution is 6.24. The van der Waals surface area contributed by atoms with Crippen LogP contribution in [0.3, 0.4) is 0 Å². The van der Waals surface area contributed by atoms with Gasteiger partial charge in [0.15, 0.2) is 5.78 Å². The molecule has 150 valence electrons. The second-order valence-electron chi connectivity index (χ2n) is 9.12. The molecule has 0 saturated carbocycles. The number of fused-ring (bicyclic) bond motifs is 2. The minimum Gasteiger partial charge on any atom is -0.871 e. The van der Waals surface area contributed by atoms with E-state index in [1.54, 1.807) is 12.2 Å². The molecule has 0 fully saturated rings. The molecule has 1 N–H and O–H groups in total. The third-order valence-electron chi connectivity index (χ3n) is 6.55. The van der Waals surface area contributed by atoms with E-state index in [0.717, 1.165) is 33.9 Å². The lowest BCUT2D eigenvalue weighted by Crippen LogP contribution is -2.32. The van der Waals surface area contributed by atoms with E-state index in [0.29, 0.717) is 0 Å². The van der Waals surface area contributed by atoms with E-state index in [2.05, 4.69) is 44.1 Å². The van der Waals surface area contributed by atoms with Crippen molar-refractivity contribution in [1.29, 1.82) is 0 Å². The number of carbonyl (C=O) groups is 1. The Kier molecular flexibility index (Phi) is 3.75. The molecule has 0 amide bonds. The molecular formula is C26H23N2O2-. The Balaban J connectivity index is 1.49. The number of anilines is 1. The summed E-state index contributed by atoms with van der Waals surface area (Å²) >= 11 is 0. The van der Waals surface area contributed by atoms with Crippen LogP contribution < -0.4 is 10.4 Å². The normalized spacial score (nSPS) is 23.2. The molecule has 2 heterocycles. The Bertz CT molecular complexity index is 1240. The van der Waals surface area contributed by atoms with Crippen molar-refractivity contribution in [2.75, 3.05) is 5.32 Å². The van der Waals surface area contributed by atoms with Crippen LogP contribution in [0.5, 0.6) is 0 Å². The van der Waals surface area contributed by atoms with E-state index >= 15 is 0 Å². The van der Waals surface area contributed by atoms with Crippen molar-refractivity contribution < 1.29 is 9.90 Å². The first kappa shape index (κ1) is 18.6. The number of nitrogens with zero attached hydrogens (tertiary/aromatic N) is 1. The van der Waals surface area contributed by atoms with Gasteiger partial charge >= 0.3 is 0 Å². The maximum absolute atomic E-state index is 12.9. The number of Topliss-reactive ketones (excluding diaryl/α,β-unsaturated/α-hetero) is 1. The van der Waals surface area contributed by atoms with Crippen LogP contribution in [-0.4, -0.2) is 11.5 Å². The highest BCUT2D eigenvalue weighted by Crippen LogP contribution is 2.45. The quantitative estimate of drug-likeness (QED) is 0.764. The zero-order valence-electron chi connectivity index (χ0n) is 17.5. The van der Waals surface area contributed by atoms with Crippen LogP contribution in [0, 0.1) is 0 Å². The largest absolute Gasteiger partial charge is 0.871 e. The molecule has 0 saturated heterocycles. The minimum absolute atomic E-state index is 0.212. The van der Waals surface area contributed by atoms with Gasteiger partial charge in [0.2, 0.25) is 0 Å². The van der Waals surface area contributed by atoms with E-state index in [-0.39, 0.29) is 33.5 Å². The van der Waals surface area contributed by atoms with Crippen molar-refractivity contribution in [2.45, 2.75) is 38.5 Å². The lowest BCUT2D eigenvalue weighted by molar-refractivity contribution is -0.300. The number of benzene rings is 2. The van der Waals surface area contributed by atoms with Crippen molar-refractivity contribution in [3.8, 4) is 0 Å². The SMILES string of the molecule is CC1(C)C(C=C2C(=O)C(C=C3Nc4ccccc4C3(C)C)=C2[O-])=Nc2ccccc21. The van der Waals surface area contributed by atoms with Crippen molar-refractivity contribution in [1.82, 2.24) is 0 Å². The van der Waals surface area contributed by atoms with Crippen LogP contribution in [0.1, 0.15) is 38.8 Å². The third-order valence-corrected chi connectivity index (χ3v) is 6.55. The van der Waals surface area contributed by atoms with Gasteiger partial charge in [-0.25, -0.2) is 0 Å². The number of nitrogens with one attached hydrogen (secondary N) is 1. The van der Waals surface area contributed by atoms with Gasteiger partial charge in [-0.1, -0.05) is 69.9 Å². The summed E-state index contributed by atoms with van der Waals surface area (Å²) in [7, 11) is 0. The third kappa shape index (κ3) is 2.46. The highest BCUT2D eigenvalue weighted by Gasteiger charge is 2.38. The molecule has 0 radical (unpaired) electrons. The summed E-state index contributed by atoms with van der Waals surface area (Å²) in [5.41, 5.74) is 5.62. The number of carbonyl (C=O) groups excluding carboxylic acids is 1. The monoisotopic (exact) mass is 395 g/mol. The summed E-state index contributed by atoms with van der Waals surface area (Å²) in [6.07, 6.45) is 3.40. The summed E-state index contributed by atoms with van der Waals surface area (Å²) in [4.78, 5) is 17.5. The molecule has 0 aromatic heterocycles. The fraction of sp³-hybridized carbons (Fsp3) is 0.231. The maximum Gasteiger partial charge on any atom is 0.191 e. The molecule has 2 aliphatic heterocycles. The fourth-order valence-corrected chi connectivity index (χ4v) is 4.50. The van der Waals surface area contributed by atoms with Crippen molar-refractivity contribution in [3.05, 3.63) is 94.4 Å². The highest BCUT2D eigenvalue weighted by atomic mass is 16.3. The predicted octanol–water partition coefficient (Wildman–Crippen LogP) is 4.46. The van der Waals surface area contributed by atoms with Gasteiger partial charge in [-0.3, -0.25) is 9.79 Å². The molecule has 1 aliphatic carbocycles. The lowest BCUT2D eigenvalue weighted by atomic mass is 9.77. The topological polar surface area (TPSA) is 64.5 Å². The van der Waals surface area contributed by atoms with Gasteiger partial charge in [0.25, 0.3) is 0 Å². The Morgan fingerprint density at radius 2 is 1.57 bits per heavy atom. The van der Waals surface area contributed by atoms with Crippen LogP contribution in [0.4, 0.5) is 11.4 Å². The number of aliphatic imine (C=N–C) groups is 1. The lowest BCUT2D eigenvalue weighted by Gasteiger charge is -2.31. The van der Waals surface area contributed by atoms with E-state index in [1.807, 2.05) is 42.5 Å². The van der Waals surface area contributed by atoms with Crippen LogP contribution in [0.2, 0.25) is 0 Å². The summed E-state index contributed by atoms with van der Waals surface area (Å²) in [6.45, 7) is 8.32. The molecule has 3 aliphatic rings. The Labute approximate surface area is 176 Å². The van der Waals surface area contributed by atoms with E-state index in [9.17, 15) is 9.90 Å². The summed E-state index contributed by atoms with van der Waals surface area (Å²) in [5, 5.41) is 16.2. The maximum atomic E-state index is 12.9. The molecule has 0 bridgehead atoms. The van der Waals surface area contributed by atoms with Crippen molar-refractivity contribution in [3.63, 3.8) is 0 Å². The van der Waals surface area contributed by atoms with Gasteiger partial charge < -0.3 is 10.4 Å². The molecule has 0 spiro atoms. The molecule has 30 heavy (non-hydrogen) atoms. The first-order chi connectivity index (χ1) is 14.2. The Morgan fingerprint density at radius 3 is 2.23 bits per heavy atom. The Morgan fingerprint density at radius 1 is 0.900 bits per heavy atom. The number of hydrogen-bond donors (Lipinski definition) is 1. The van der Waals surface area contributed by atoms with E-state index < -0.39 is 0 Å². The predicted molar refractivity (Wildman–Crippen MR) is 118 cm³/mol. The van der Waals surface area contributed by atoms with Gasteiger partial charge in [-0.05, 0) is 35.4 Å². The first-order valence-corrected chi connectivity index (χ1v) is 10.2. The van der Waals surface area contributed by atoms with Crippen LogP contribution in [0.25, 0.3) is 0 Å². The molecule has 4 nitrogen and oxygen atoms in total. The zero-order chi connectivity index (χ0) is 21.3. The molecule has 2 aromatic rings. The van der Waals surface area contributed by atoms with Gasteiger partial charge in [0.1, 0.15) is 0 Å². The second-order valence-corrected chi connectivity index (χ2v) is 9.12. The number of para-hydroxylation sites is 2. The molecule has 0 unspecified atom stereocenters. The standard InChI is InChI=1S/C26H24N2O2/c1-25(2)17-9-5-7-11-19(17)27-21(25)13-15-23(29)16(24(15)30)14-22-26(3,4)18-10-6-8-12-20(18)28-22/h5-14,27,29H,1-4H3/p-1. The van der Waals surface area contributed by atoms with Gasteiger partial charge in [0, 0.05) is 33.4 Å². The second kappa shape index (κ2) is 6.05. The molecule has 4 heteroatoms. The molecule has 5 rings (SSSR count). The average molecular weight is 395 g/mol. The number of allylic oxidation sites excluding steroid dienone is 5. The van der Waals surface area contributed by atoms with Crippen molar-refractivity contribution in [2.24, 2.45) is 4.99 Å². The number of rotatable bonds is 2. The molecule has 2 aromatic carbocycles. The number of ketones is 1. The first-order valence-electron chi connectivity index (χ1n) is 10.2. The van der Waals surface area contributed by atoms with E-state index in [4.69, 9.17) is 0 Å². The van der Waals surface area contributed by atoms with Gasteiger partial charge in [0.05, 0.1) is 11.4 Å². The van der Waals surface area contributed by atoms with Gasteiger partial charge in [-0.2, -0.15) is 0 Å².